The number of rotatable bonds is 5. The average Bonchev–Trinajstić information content (AvgIpc) is 2.71. The van der Waals surface area contributed by atoms with Crippen LogP contribution >= 0.6 is 0 Å². The number of hydrogen-bond acceptors (Lipinski definition) is 4. The molecule has 1 N–H and O–H groups in total. The second kappa shape index (κ2) is 6.04. The van der Waals surface area contributed by atoms with Crippen molar-refractivity contribution in [3.05, 3.63) is 16.4 Å². The van der Waals surface area contributed by atoms with Crippen molar-refractivity contribution in [3.8, 4) is 0 Å². The van der Waals surface area contributed by atoms with Gasteiger partial charge in [0.25, 0.3) is 0 Å². The third kappa shape index (κ3) is 3.45. The number of hydrogen-bond donors (Lipinski definition) is 1. The lowest BCUT2D eigenvalue weighted by molar-refractivity contribution is -0.388. The maximum absolute atomic E-state index is 10.8. The molecule has 19 heavy (non-hydrogen) atoms. The third-order valence-corrected chi connectivity index (χ3v) is 3.98. The highest BCUT2D eigenvalue weighted by atomic mass is 16.6. The molecule has 1 heterocycles. The number of nitrogens with one attached hydrogen (secondary N) is 1. The molecule has 0 bridgehead atoms. The van der Waals surface area contributed by atoms with Crippen LogP contribution in [0.5, 0.6) is 0 Å². The van der Waals surface area contributed by atoms with Gasteiger partial charge in [-0.25, -0.2) is 0 Å². The van der Waals surface area contributed by atoms with E-state index >= 15 is 0 Å². The van der Waals surface area contributed by atoms with Crippen LogP contribution in [0.4, 0.5) is 11.6 Å². The number of aromatic nitrogens is 2. The van der Waals surface area contributed by atoms with E-state index in [1.165, 1.54) is 32.0 Å². The number of nitrogens with zero attached hydrogens (tertiary/aromatic N) is 3. The molecule has 1 aliphatic rings. The zero-order valence-electron chi connectivity index (χ0n) is 11.6. The van der Waals surface area contributed by atoms with Gasteiger partial charge in [-0.05, 0) is 34.6 Å². The monoisotopic (exact) mass is 266 g/mol. The van der Waals surface area contributed by atoms with Crippen LogP contribution in [-0.4, -0.2) is 21.0 Å². The lowest BCUT2D eigenvalue weighted by Gasteiger charge is -2.26. The minimum atomic E-state index is -0.439. The molecular formula is C13H22N4O2. The van der Waals surface area contributed by atoms with Crippen molar-refractivity contribution in [2.75, 3.05) is 11.9 Å². The van der Waals surface area contributed by atoms with Gasteiger partial charge in [0.2, 0.25) is 12.1 Å². The van der Waals surface area contributed by atoms with E-state index in [-0.39, 0.29) is 5.82 Å². The van der Waals surface area contributed by atoms with E-state index in [2.05, 4.69) is 17.2 Å². The first-order chi connectivity index (χ1) is 9.08. The summed E-state index contributed by atoms with van der Waals surface area (Å²) < 4.78 is 1.67. The van der Waals surface area contributed by atoms with Gasteiger partial charge in [0.15, 0.2) is 0 Å². The van der Waals surface area contributed by atoms with Crippen LogP contribution in [0.25, 0.3) is 0 Å². The highest BCUT2D eigenvalue weighted by Crippen LogP contribution is 2.31. The molecule has 1 aromatic rings. The molecule has 0 amide bonds. The van der Waals surface area contributed by atoms with E-state index in [1.807, 2.05) is 0 Å². The largest absolute Gasteiger partial charge is 0.406 e. The minimum Gasteiger partial charge on any atom is -0.364 e. The van der Waals surface area contributed by atoms with Gasteiger partial charge in [0, 0.05) is 13.6 Å². The molecule has 0 aliphatic heterocycles. The second-order valence-electron chi connectivity index (χ2n) is 5.64. The summed E-state index contributed by atoms with van der Waals surface area (Å²) in [7, 11) is 1.77. The van der Waals surface area contributed by atoms with Crippen molar-refractivity contribution in [2.45, 2.75) is 39.0 Å². The van der Waals surface area contributed by atoms with Gasteiger partial charge in [0.05, 0.1) is 0 Å². The number of imidazole rings is 1. The Hall–Kier alpha value is -1.59. The van der Waals surface area contributed by atoms with Crippen LogP contribution in [0.2, 0.25) is 0 Å². The summed E-state index contributed by atoms with van der Waals surface area (Å²) in [6.07, 6.45) is 7.79. The van der Waals surface area contributed by atoms with Crippen LogP contribution in [0.3, 0.4) is 0 Å². The molecular weight excluding hydrogens is 244 g/mol. The smallest absolute Gasteiger partial charge is 0.364 e. The molecule has 6 nitrogen and oxygen atoms in total. The summed E-state index contributed by atoms with van der Waals surface area (Å²) in [5.41, 5.74) is 0. The highest BCUT2D eigenvalue weighted by Gasteiger charge is 2.21. The van der Waals surface area contributed by atoms with Crippen LogP contribution in [0, 0.1) is 22.0 Å². The molecule has 0 radical (unpaired) electrons. The summed E-state index contributed by atoms with van der Waals surface area (Å²) in [6.45, 7) is 3.09. The van der Waals surface area contributed by atoms with E-state index in [1.54, 1.807) is 11.6 Å². The molecule has 6 heteroatoms. The fourth-order valence-corrected chi connectivity index (χ4v) is 2.97. The van der Waals surface area contributed by atoms with Gasteiger partial charge in [0.1, 0.15) is 0 Å². The van der Waals surface area contributed by atoms with Gasteiger partial charge in [-0.2, -0.15) is 0 Å². The topological polar surface area (TPSA) is 73.0 Å². The summed E-state index contributed by atoms with van der Waals surface area (Å²) >= 11 is 0. The Bertz CT molecular complexity index is 444. The first-order valence-corrected chi connectivity index (χ1v) is 6.97. The molecule has 1 fully saturated rings. The molecule has 2 unspecified atom stereocenters. The summed E-state index contributed by atoms with van der Waals surface area (Å²) in [4.78, 5) is 14.2. The van der Waals surface area contributed by atoms with Gasteiger partial charge < -0.3 is 15.4 Å². The molecule has 0 saturated heterocycles. The zero-order valence-corrected chi connectivity index (χ0v) is 11.6. The summed E-state index contributed by atoms with van der Waals surface area (Å²) in [5, 5.41) is 14.0. The van der Waals surface area contributed by atoms with Crippen LogP contribution in [0.1, 0.15) is 39.0 Å². The average molecular weight is 266 g/mol. The zero-order chi connectivity index (χ0) is 13.8. The standard InChI is InChI=1S/C13H22N4O2/c1-10-4-3-5-11(8-10)6-7-14-12-13(17(18)19)15-9-16(12)2/h9-11,14H,3-8H2,1-2H3. The predicted octanol–water partition coefficient (Wildman–Crippen LogP) is 2.96. The van der Waals surface area contributed by atoms with Crippen LogP contribution in [-0.2, 0) is 7.05 Å². The molecule has 0 aromatic carbocycles. The summed E-state index contributed by atoms with van der Waals surface area (Å²) in [5.74, 6) is 2.00. The maximum atomic E-state index is 10.8. The van der Waals surface area contributed by atoms with Crippen molar-refractivity contribution in [1.82, 2.24) is 9.55 Å². The van der Waals surface area contributed by atoms with Gasteiger partial charge in [-0.1, -0.05) is 26.2 Å². The van der Waals surface area contributed by atoms with E-state index < -0.39 is 4.92 Å². The van der Waals surface area contributed by atoms with E-state index in [4.69, 9.17) is 0 Å². The molecule has 106 valence electrons. The molecule has 0 spiro atoms. The first kappa shape index (κ1) is 13.8. The third-order valence-electron chi connectivity index (χ3n) is 3.98. The van der Waals surface area contributed by atoms with E-state index in [0.717, 1.165) is 24.8 Å². The Morgan fingerprint density at radius 1 is 1.58 bits per heavy atom. The summed E-state index contributed by atoms with van der Waals surface area (Å²) in [6, 6.07) is 0. The molecule has 1 aromatic heterocycles. The first-order valence-electron chi connectivity index (χ1n) is 6.97. The Balaban J connectivity index is 1.85. The maximum Gasteiger partial charge on any atom is 0.406 e. The van der Waals surface area contributed by atoms with Crippen molar-refractivity contribution in [2.24, 2.45) is 18.9 Å². The molecule has 2 atom stereocenters. The van der Waals surface area contributed by atoms with Crippen molar-refractivity contribution in [1.29, 1.82) is 0 Å². The number of anilines is 1. The molecule has 1 aliphatic carbocycles. The number of aryl methyl sites for hydroxylation is 1. The van der Waals surface area contributed by atoms with Crippen molar-refractivity contribution >= 4 is 11.6 Å². The Kier molecular flexibility index (Phi) is 4.39. The second-order valence-corrected chi connectivity index (χ2v) is 5.64. The quantitative estimate of drug-likeness (QED) is 0.657. The Morgan fingerprint density at radius 2 is 2.37 bits per heavy atom. The lowest BCUT2D eigenvalue weighted by atomic mass is 9.81. The normalized spacial score (nSPS) is 23.3. The number of nitro groups is 1. The fourth-order valence-electron chi connectivity index (χ4n) is 2.97. The van der Waals surface area contributed by atoms with Gasteiger partial charge in [-0.3, -0.25) is 4.57 Å². The van der Waals surface area contributed by atoms with Crippen molar-refractivity contribution in [3.63, 3.8) is 0 Å². The van der Waals surface area contributed by atoms with Crippen LogP contribution < -0.4 is 5.32 Å². The van der Waals surface area contributed by atoms with Crippen molar-refractivity contribution < 1.29 is 4.92 Å². The highest BCUT2D eigenvalue weighted by molar-refractivity contribution is 5.51. The van der Waals surface area contributed by atoms with Gasteiger partial charge in [-0.15, -0.1) is 0 Å². The van der Waals surface area contributed by atoms with Crippen LogP contribution in [0.15, 0.2) is 6.33 Å². The Morgan fingerprint density at radius 3 is 3.05 bits per heavy atom. The molecule has 1 saturated carbocycles. The SMILES string of the molecule is CC1CCCC(CCNc2c([N+](=O)[O-])ncn2C)C1. The van der Waals surface area contributed by atoms with E-state index in [0.29, 0.717) is 5.82 Å². The Labute approximate surface area is 113 Å². The molecule has 2 rings (SSSR count). The van der Waals surface area contributed by atoms with E-state index in [9.17, 15) is 10.1 Å². The van der Waals surface area contributed by atoms with Gasteiger partial charge >= 0.3 is 5.82 Å². The predicted molar refractivity (Wildman–Crippen MR) is 74.1 cm³/mol. The lowest BCUT2D eigenvalue weighted by Crippen LogP contribution is -2.17. The fraction of sp³-hybridized carbons (Fsp3) is 0.769. The minimum absolute atomic E-state index is 0.0838.